The van der Waals surface area contributed by atoms with Crippen molar-refractivity contribution in [2.45, 2.75) is 26.7 Å². The largest absolute Gasteiger partial charge is 0.337 e. The van der Waals surface area contributed by atoms with Crippen LogP contribution in [0.15, 0.2) is 36.4 Å². The van der Waals surface area contributed by atoms with E-state index in [9.17, 15) is 4.79 Å². The van der Waals surface area contributed by atoms with Gasteiger partial charge in [0.25, 0.3) is 5.91 Å². The summed E-state index contributed by atoms with van der Waals surface area (Å²) in [6, 6.07) is 11.8. The van der Waals surface area contributed by atoms with Crippen molar-refractivity contribution in [2.24, 2.45) is 5.92 Å². The first kappa shape index (κ1) is 16.7. The summed E-state index contributed by atoms with van der Waals surface area (Å²) in [5, 5.41) is 7.94. The summed E-state index contributed by atoms with van der Waals surface area (Å²) < 4.78 is 1.84. The third kappa shape index (κ3) is 3.67. The van der Waals surface area contributed by atoms with Gasteiger partial charge in [-0.15, -0.1) is 0 Å². The number of piperidine rings is 1. The van der Waals surface area contributed by atoms with Crippen LogP contribution in [0.3, 0.4) is 0 Å². The molecule has 0 aliphatic carbocycles. The highest BCUT2D eigenvalue weighted by molar-refractivity contribution is 5.92. The van der Waals surface area contributed by atoms with Crippen molar-refractivity contribution in [1.29, 1.82) is 0 Å². The van der Waals surface area contributed by atoms with Crippen molar-refractivity contribution >= 4 is 5.91 Å². The van der Waals surface area contributed by atoms with Gasteiger partial charge in [0, 0.05) is 18.8 Å². The molecule has 128 valence electrons. The quantitative estimate of drug-likeness (QED) is 0.919. The Labute approximate surface area is 143 Å². The van der Waals surface area contributed by atoms with Crippen LogP contribution in [0.4, 0.5) is 0 Å². The van der Waals surface area contributed by atoms with E-state index in [-0.39, 0.29) is 5.91 Å². The minimum absolute atomic E-state index is 0.0506. The molecule has 1 fully saturated rings. The van der Waals surface area contributed by atoms with E-state index in [1.54, 1.807) is 0 Å². The first-order valence-corrected chi connectivity index (χ1v) is 8.81. The highest BCUT2D eigenvalue weighted by Gasteiger charge is 2.25. The average molecular weight is 326 g/mol. The summed E-state index contributed by atoms with van der Waals surface area (Å²) in [5.41, 5.74) is 2.51. The summed E-state index contributed by atoms with van der Waals surface area (Å²) in [6.07, 6.45) is 2.13. The molecule has 1 saturated heterocycles. The SMILES string of the molecule is CCNCC1CCN(C(=O)c2cc(C)n(-c3ccccc3)n2)CC1. The number of carbonyl (C=O) groups excluding carboxylic acids is 1. The van der Waals surface area contributed by atoms with Gasteiger partial charge in [-0.25, -0.2) is 4.68 Å². The predicted octanol–water partition coefficient (Wildman–Crippen LogP) is 2.64. The monoisotopic (exact) mass is 326 g/mol. The summed E-state index contributed by atoms with van der Waals surface area (Å²) in [4.78, 5) is 14.7. The van der Waals surface area contributed by atoms with Crippen molar-refractivity contribution in [2.75, 3.05) is 26.2 Å². The Balaban J connectivity index is 1.66. The number of benzene rings is 1. The minimum Gasteiger partial charge on any atom is -0.337 e. The fourth-order valence-corrected chi connectivity index (χ4v) is 3.26. The van der Waals surface area contributed by atoms with Gasteiger partial charge in [0.05, 0.1) is 5.69 Å². The molecule has 24 heavy (non-hydrogen) atoms. The number of likely N-dealkylation sites (tertiary alicyclic amines) is 1. The summed E-state index contributed by atoms with van der Waals surface area (Å²) in [7, 11) is 0. The number of carbonyl (C=O) groups is 1. The number of para-hydroxylation sites is 1. The van der Waals surface area contributed by atoms with Gasteiger partial charge in [-0.3, -0.25) is 4.79 Å². The zero-order valence-electron chi connectivity index (χ0n) is 14.5. The van der Waals surface area contributed by atoms with E-state index < -0.39 is 0 Å². The van der Waals surface area contributed by atoms with Gasteiger partial charge in [0.1, 0.15) is 0 Å². The van der Waals surface area contributed by atoms with Crippen LogP contribution in [-0.4, -0.2) is 46.8 Å². The van der Waals surface area contributed by atoms with Gasteiger partial charge in [0.15, 0.2) is 5.69 Å². The molecule has 0 radical (unpaired) electrons. The van der Waals surface area contributed by atoms with Crippen molar-refractivity contribution in [3.05, 3.63) is 47.8 Å². The van der Waals surface area contributed by atoms with E-state index in [1.807, 2.05) is 52.9 Å². The number of amides is 1. The lowest BCUT2D eigenvalue weighted by molar-refractivity contribution is 0.0684. The van der Waals surface area contributed by atoms with E-state index in [1.165, 1.54) is 0 Å². The van der Waals surface area contributed by atoms with Crippen molar-refractivity contribution < 1.29 is 4.79 Å². The Bertz CT molecular complexity index is 672. The van der Waals surface area contributed by atoms with Crippen LogP contribution in [0.5, 0.6) is 0 Å². The van der Waals surface area contributed by atoms with Gasteiger partial charge in [-0.2, -0.15) is 5.10 Å². The molecule has 0 bridgehead atoms. The number of aryl methyl sites for hydroxylation is 1. The molecule has 2 aromatic rings. The van der Waals surface area contributed by atoms with E-state index in [0.29, 0.717) is 11.6 Å². The summed E-state index contributed by atoms with van der Waals surface area (Å²) >= 11 is 0. The number of nitrogens with one attached hydrogen (secondary N) is 1. The molecular formula is C19H26N4O. The lowest BCUT2D eigenvalue weighted by Gasteiger charge is -2.31. The molecule has 5 heteroatoms. The summed E-state index contributed by atoms with van der Waals surface area (Å²) in [5.74, 6) is 0.729. The number of aromatic nitrogens is 2. The maximum Gasteiger partial charge on any atom is 0.274 e. The lowest BCUT2D eigenvalue weighted by atomic mass is 9.96. The van der Waals surface area contributed by atoms with E-state index in [4.69, 9.17) is 0 Å². The van der Waals surface area contributed by atoms with Gasteiger partial charge >= 0.3 is 0 Å². The molecule has 1 aromatic heterocycles. The zero-order chi connectivity index (χ0) is 16.9. The Morgan fingerprint density at radius 1 is 1.25 bits per heavy atom. The molecule has 3 rings (SSSR count). The van der Waals surface area contributed by atoms with Gasteiger partial charge in [-0.1, -0.05) is 25.1 Å². The number of hydrogen-bond acceptors (Lipinski definition) is 3. The molecule has 2 heterocycles. The topological polar surface area (TPSA) is 50.2 Å². The van der Waals surface area contributed by atoms with Crippen LogP contribution in [0.2, 0.25) is 0 Å². The molecule has 0 saturated carbocycles. The number of nitrogens with zero attached hydrogens (tertiary/aromatic N) is 3. The molecular weight excluding hydrogens is 300 g/mol. The smallest absolute Gasteiger partial charge is 0.274 e. The first-order valence-electron chi connectivity index (χ1n) is 8.81. The van der Waals surface area contributed by atoms with Crippen LogP contribution < -0.4 is 5.32 Å². The van der Waals surface area contributed by atoms with Crippen LogP contribution in [0, 0.1) is 12.8 Å². The molecule has 1 aliphatic rings. The van der Waals surface area contributed by atoms with E-state index >= 15 is 0 Å². The Morgan fingerprint density at radius 2 is 1.96 bits per heavy atom. The minimum atomic E-state index is 0.0506. The number of rotatable bonds is 5. The average Bonchev–Trinajstić information content (AvgIpc) is 3.02. The molecule has 1 N–H and O–H groups in total. The maximum atomic E-state index is 12.8. The molecule has 1 amide bonds. The van der Waals surface area contributed by atoms with E-state index in [2.05, 4.69) is 17.3 Å². The molecule has 5 nitrogen and oxygen atoms in total. The second kappa shape index (κ2) is 7.62. The Hall–Kier alpha value is -2.14. The summed E-state index contributed by atoms with van der Waals surface area (Å²) in [6.45, 7) is 7.83. The van der Waals surface area contributed by atoms with Gasteiger partial charge in [0.2, 0.25) is 0 Å². The second-order valence-electron chi connectivity index (χ2n) is 6.46. The van der Waals surface area contributed by atoms with Gasteiger partial charge < -0.3 is 10.2 Å². The standard InChI is InChI=1S/C19H26N4O/c1-3-20-14-16-9-11-22(12-10-16)19(24)18-13-15(2)23(21-18)17-7-5-4-6-8-17/h4-8,13,16,20H,3,9-12,14H2,1-2H3. The predicted molar refractivity (Wildman–Crippen MR) is 95.5 cm³/mol. The van der Waals surface area contributed by atoms with Gasteiger partial charge in [-0.05, 0) is 57.0 Å². The fraction of sp³-hybridized carbons (Fsp3) is 0.474. The van der Waals surface area contributed by atoms with Crippen LogP contribution in [-0.2, 0) is 0 Å². The molecule has 1 aromatic carbocycles. The molecule has 0 unspecified atom stereocenters. The van der Waals surface area contributed by atoms with Crippen molar-refractivity contribution in [3.8, 4) is 5.69 Å². The normalized spacial score (nSPS) is 15.7. The van der Waals surface area contributed by atoms with Crippen LogP contribution >= 0.6 is 0 Å². The van der Waals surface area contributed by atoms with E-state index in [0.717, 1.165) is 50.4 Å². The fourth-order valence-electron chi connectivity index (χ4n) is 3.26. The third-order valence-corrected chi connectivity index (χ3v) is 4.69. The maximum absolute atomic E-state index is 12.8. The van der Waals surface area contributed by atoms with Crippen LogP contribution in [0.1, 0.15) is 35.9 Å². The molecule has 0 spiro atoms. The zero-order valence-corrected chi connectivity index (χ0v) is 14.5. The molecule has 1 aliphatic heterocycles. The highest BCUT2D eigenvalue weighted by Crippen LogP contribution is 2.19. The molecule has 0 atom stereocenters. The highest BCUT2D eigenvalue weighted by atomic mass is 16.2. The first-order chi connectivity index (χ1) is 11.7. The Morgan fingerprint density at radius 3 is 2.62 bits per heavy atom. The second-order valence-corrected chi connectivity index (χ2v) is 6.46. The third-order valence-electron chi connectivity index (χ3n) is 4.69. The van der Waals surface area contributed by atoms with Crippen molar-refractivity contribution in [3.63, 3.8) is 0 Å². The number of hydrogen-bond donors (Lipinski definition) is 1. The van der Waals surface area contributed by atoms with Crippen molar-refractivity contribution in [1.82, 2.24) is 20.0 Å². The van der Waals surface area contributed by atoms with Crippen LogP contribution in [0.25, 0.3) is 5.69 Å². The Kier molecular flexibility index (Phi) is 5.30. The lowest BCUT2D eigenvalue weighted by Crippen LogP contribution is -2.41.